The van der Waals surface area contributed by atoms with Crippen LogP contribution in [0.25, 0.3) is 0 Å². The molecule has 0 amide bonds. The van der Waals surface area contributed by atoms with E-state index in [0.717, 1.165) is 32.1 Å². The largest absolute Gasteiger partial charge is 0.386 e. The van der Waals surface area contributed by atoms with Gasteiger partial charge < -0.3 is 20.3 Å². The third-order valence-electron chi connectivity index (χ3n) is 5.16. The van der Waals surface area contributed by atoms with E-state index in [1.165, 1.54) is 0 Å². The molecule has 3 aliphatic rings. The van der Waals surface area contributed by atoms with Gasteiger partial charge in [0.15, 0.2) is 0 Å². The summed E-state index contributed by atoms with van der Waals surface area (Å²) in [5.74, 6) is 0.356. The third kappa shape index (κ3) is 1.51. The van der Waals surface area contributed by atoms with Crippen molar-refractivity contribution >= 4 is 0 Å². The summed E-state index contributed by atoms with van der Waals surface area (Å²) in [4.78, 5) is 0. The van der Waals surface area contributed by atoms with Crippen LogP contribution in [0.4, 0.5) is 0 Å². The van der Waals surface area contributed by atoms with Crippen LogP contribution < -0.4 is 5.73 Å². The van der Waals surface area contributed by atoms with Crippen molar-refractivity contribution in [1.82, 2.24) is 0 Å². The molecule has 1 aliphatic carbocycles. The van der Waals surface area contributed by atoms with Crippen molar-refractivity contribution in [2.75, 3.05) is 20.3 Å². The molecular formula is C13H23NO3. The third-order valence-corrected chi connectivity index (χ3v) is 5.16. The van der Waals surface area contributed by atoms with Crippen LogP contribution in [-0.4, -0.2) is 43.2 Å². The average molecular weight is 241 g/mol. The summed E-state index contributed by atoms with van der Waals surface area (Å²) in [7, 11) is 1.66. The van der Waals surface area contributed by atoms with Crippen molar-refractivity contribution in [3.63, 3.8) is 0 Å². The van der Waals surface area contributed by atoms with Gasteiger partial charge >= 0.3 is 0 Å². The molecule has 98 valence electrons. The quantitative estimate of drug-likeness (QED) is 0.742. The van der Waals surface area contributed by atoms with Crippen LogP contribution in [0.3, 0.4) is 0 Å². The fourth-order valence-electron chi connectivity index (χ4n) is 4.10. The first-order valence-corrected chi connectivity index (χ1v) is 6.73. The van der Waals surface area contributed by atoms with E-state index < -0.39 is 5.60 Å². The lowest BCUT2D eigenvalue weighted by Crippen LogP contribution is -2.61. The zero-order valence-electron chi connectivity index (χ0n) is 10.5. The van der Waals surface area contributed by atoms with Gasteiger partial charge in [0.2, 0.25) is 0 Å². The Labute approximate surface area is 102 Å². The molecule has 4 atom stereocenters. The number of aliphatic hydroxyl groups is 1. The first-order valence-electron chi connectivity index (χ1n) is 6.73. The second kappa shape index (κ2) is 3.92. The number of hydrogen-bond acceptors (Lipinski definition) is 4. The zero-order valence-corrected chi connectivity index (χ0v) is 10.5. The van der Waals surface area contributed by atoms with Gasteiger partial charge in [0, 0.05) is 19.1 Å². The highest BCUT2D eigenvalue weighted by atomic mass is 16.5. The zero-order chi connectivity index (χ0) is 12.1. The maximum Gasteiger partial charge on any atom is 0.100 e. The summed E-state index contributed by atoms with van der Waals surface area (Å²) in [5.41, 5.74) is 4.99. The Balaban J connectivity index is 1.92. The molecule has 2 saturated heterocycles. The Kier molecular flexibility index (Phi) is 2.74. The second-order valence-electron chi connectivity index (χ2n) is 6.02. The maximum absolute atomic E-state index is 11.1. The molecule has 2 aliphatic heterocycles. The lowest BCUT2D eigenvalue weighted by atomic mass is 9.61. The van der Waals surface area contributed by atoms with E-state index in [9.17, 15) is 5.11 Å². The molecule has 17 heavy (non-hydrogen) atoms. The first kappa shape index (κ1) is 11.9. The van der Waals surface area contributed by atoms with Crippen LogP contribution in [-0.2, 0) is 9.47 Å². The number of rotatable bonds is 5. The summed E-state index contributed by atoms with van der Waals surface area (Å²) in [6.45, 7) is 0.895. The van der Waals surface area contributed by atoms with Crippen LogP contribution in [0, 0.1) is 11.3 Å². The summed E-state index contributed by atoms with van der Waals surface area (Å²) in [6, 6.07) is 0. The Bertz CT molecular complexity index is 307. The number of fused-ring (bicyclic) bond motifs is 2. The van der Waals surface area contributed by atoms with E-state index in [0.29, 0.717) is 25.2 Å². The van der Waals surface area contributed by atoms with Crippen molar-refractivity contribution in [3.05, 3.63) is 0 Å². The van der Waals surface area contributed by atoms with Gasteiger partial charge in [-0.1, -0.05) is 0 Å². The Hall–Kier alpha value is -0.160. The summed E-state index contributed by atoms with van der Waals surface area (Å²) >= 11 is 0. The normalized spacial score (nSPS) is 43.9. The van der Waals surface area contributed by atoms with Gasteiger partial charge in [0.05, 0.1) is 18.8 Å². The second-order valence-corrected chi connectivity index (χ2v) is 6.02. The van der Waals surface area contributed by atoms with E-state index in [1.54, 1.807) is 7.11 Å². The molecule has 1 saturated carbocycles. The standard InChI is InChI=1S/C13H23NO3/c1-16-8-13(15,9-2-3-9)12(7-14)6-10-4-5-11(12)17-10/h9-11,15H,2-8,14H2,1H3. The molecule has 4 nitrogen and oxygen atoms in total. The molecule has 0 aromatic heterocycles. The highest BCUT2D eigenvalue weighted by Gasteiger charge is 2.66. The fraction of sp³-hybridized carbons (Fsp3) is 1.00. The summed E-state index contributed by atoms with van der Waals surface area (Å²) in [6.07, 6.45) is 5.72. The maximum atomic E-state index is 11.1. The lowest BCUT2D eigenvalue weighted by molar-refractivity contribution is -0.157. The number of methoxy groups -OCH3 is 1. The fourth-order valence-corrected chi connectivity index (χ4v) is 4.10. The number of hydrogen-bond donors (Lipinski definition) is 2. The smallest absolute Gasteiger partial charge is 0.100 e. The van der Waals surface area contributed by atoms with Crippen molar-refractivity contribution in [2.24, 2.45) is 17.1 Å². The molecule has 0 aromatic carbocycles. The molecule has 4 heteroatoms. The number of ether oxygens (including phenoxy) is 2. The first-order chi connectivity index (χ1) is 8.16. The van der Waals surface area contributed by atoms with Gasteiger partial charge in [-0.25, -0.2) is 0 Å². The molecule has 2 heterocycles. The van der Waals surface area contributed by atoms with Gasteiger partial charge in [-0.05, 0) is 38.0 Å². The van der Waals surface area contributed by atoms with Gasteiger partial charge in [0.1, 0.15) is 5.60 Å². The van der Waals surface area contributed by atoms with Crippen LogP contribution in [0.5, 0.6) is 0 Å². The van der Waals surface area contributed by atoms with Gasteiger partial charge in [0.25, 0.3) is 0 Å². The van der Waals surface area contributed by atoms with Gasteiger partial charge in [-0.3, -0.25) is 0 Å². The van der Waals surface area contributed by atoms with Crippen molar-refractivity contribution < 1.29 is 14.6 Å². The average Bonchev–Trinajstić information content (AvgIpc) is 3.00. The van der Waals surface area contributed by atoms with Crippen molar-refractivity contribution in [3.8, 4) is 0 Å². The molecule has 0 spiro atoms. The lowest BCUT2D eigenvalue weighted by Gasteiger charge is -2.48. The van der Waals surface area contributed by atoms with Crippen LogP contribution in [0.1, 0.15) is 32.1 Å². The molecule has 4 unspecified atom stereocenters. The van der Waals surface area contributed by atoms with E-state index >= 15 is 0 Å². The molecular weight excluding hydrogens is 218 g/mol. The molecule has 2 bridgehead atoms. The van der Waals surface area contributed by atoms with Crippen LogP contribution in [0.15, 0.2) is 0 Å². The van der Waals surface area contributed by atoms with Crippen LogP contribution >= 0.6 is 0 Å². The minimum Gasteiger partial charge on any atom is -0.386 e. The predicted octanol–water partition coefficient (Wildman–Crippen LogP) is 0.670. The summed E-state index contributed by atoms with van der Waals surface area (Å²) < 4.78 is 11.2. The highest BCUT2D eigenvalue weighted by molar-refractivity contribution is 5.15. The van der Waals surface area contributed by atoms with Gasteiger partial charge in [-0.2, -0.15) is 0 Å². The topological polar surface area (TPSA) is 64.7 Å². The molecule has 3 rings (SSSR count). The SMILES string of the molecule is COCC(O)(C1CC1)C1(CN)CC2CCC1O2. The highest BCUT2D eigenvalue weighted by Crippen LogP contribution is 2.59. The van der Waals surface area contributed by atoms with Crippen molar-refractivity contribution in [1.29, 1.82) is 0 Å². The Morgan fingerprint density at radius 2 is 2.18 bits per heavy atom. The molecule has 0 radical (unpaired) electrons. The van der Waals surface area contributed by atoms with E-state index in [-0.39, 0.29) is 11.5 Å². The van der Waals surface area contributed by atoms with E-state index in [2.05, 4.69) is 0 Å². The number of nitrogens with two attached hydrogens (primary N) is 1. The van der Waals surface area contributed by atoms with E-state index in [1.807, 2.05) is 0 Å². The Morgan fingerprint density at radius 3 is 2.59 bits per heavy atom. The van der Waals surface area contributed by atoms with Crippen molar-refractivity contribution in [2.45, 2.75) is 49.9 Å². The Morgan fingerprint density at radius 1 is 1.41 bits per heavy atom. The van der Waals surface area contributed by atoms with E-state index in [4.69, 9.17) is 15.2 Å². The predicted molar refractivity (Wildman–Crippen MR) is 63.5 cm³/mol. The van der Waals surface area contributed by atoms with Gasteiger partial charge in [-0.15, -0.1) is 0 Å². The molecule has 0 aromatic rings. The molecule has 3 fully saturated rings. The minimum absolute atomic E-state index is 0.137. The minimum atomic E-state index is -0.781. The summed E-state index contributed by atoms with van der Waals surface area (Å²) in [5, 5.41) is 11.1. The monoisotopic (exact) mass is 241 g/mol. The van der Waals surface area contributed by atoms with Crippen LogP contribution in [0.2, 0.25) is 0 Å². The molecule has 3 N–H and O–H groups in total.